The molecule has 2 atom stereocenters. The van der Waals surface area contributed by atoms with E-state index in [2.05, 4.69) is 52.2 Å². The van der Waals surface area contributed by atoms with Gasteiger partial charge in [0.25, 0.3) is 5.91 Å². The summed E-state index contributed by atoms with van der Waals surface area (Å²) in [6.07, 6.45) is 4.44. The van der Waals surface area contributed by atoms with E-state index in [1.165, 1.54) is 16.4 Å². The fourth-order valence-electron chi connectivity index (χ4n) is 3.44. The summed E-state index contributed by atoms with van der Waals surface area (Å²) in [5.41, 5.74) is 3.01. The molecular formula is C24H26INO4. The third kappa shape index (κ3) is 5.83. The molecule has 1 saturated carbocycles. The first-order valence-electron chi connectivity index (χ1n) is 10.3. The minimum absolute atomic E-state index is 0.0225. The zero-order valence-corrected chi connectivity index (χ0v) is 18.9. The first kappa shape index (κ1) is 21.3. The number of benzene rings is 2. The number of halogens is 1. The van der Waals surface area contributed by atoms with E-state index >= 15 is 0 Å². The first-order valence-corrected chi connectivity index (χ1v) is 11.4. The third-order valence-corrected chi connectivity index (χ3v) is 6.19. The molecule has 1 aliphatic heterocycles. The highest BCUT2D eigenvalue weighted by atomic mass is 127. The Morgan fingerprint density at radius 1 is 1.10 bits per heavy atom. The lowest BCUT2D eigenvalue weighted by Gasteiger charge is -2.29. The maximum absolute atomic E-state index is 12.7. The van der Waals surface area contributed by atoms with Gasteiger partial charge in [-0.25, -0.2) is 0 Å². The van der Waals surface area contributed by atoms with Crippen LogP contribution in [0.5, 0.6) is 0 Å². The number of hydrogen-bond donors (Lipinski definition) is 2. The van der Waals surface area contributed by atoms with Crippen LogP contribution in [-0.2, 0) is 27.5 Å². The summed E-state index contributed by atoms with van der Waals surface area (Å²) in [5, 5.41) is 12.2. The molecule has 2 aliphatic rings. The van der Waals surface area contributed by atoms with Crippen LogP contribution in [0.1, 0.15) is 41.9 Å². The summed E-state index contributed by atoms with van der Waals surface area (Å²) in [4.78, 5) is 12.7. The molecule has 0 spiro atoms. The van der Waals surface area contributed by atoms with E-state index in [0.29, 0.717) is 31.2 Å². The second-order valence-corrected chi connectivity index (χ2v) is 9.16. The van der Waals surface area contributed by atoms with Gasteiger partial charge in [0.05, 0.1) is 13.2 Å². The highest BCUT2D eigenvalue weighted by Crippen LogP contribution is 2.33. The molecule has 4 rings (SSSR count). The van der Waals surface area contributed by atoms with Crippen molar-refractivity contribution < 1.29 is 19.4 Å². The fraction of sp³-hybridized carbons (Fsp3) is 0.375. The molecule has 1 aliphatic carbocycles. The summed E-state index contributed by atoms with van der Waals surface area (Å²) in [5.74, 6) is 0.836. The minimum Gasteiger partial charge on any atom is -0.459 e. The lowest BCUT2D eigenvalue weighted by Crippen LogP contribution is -2.33. The number of allylic oxidation sites excluding steroid dienone is 1. The molecule has 1 fully saturated rings. The van der Waals surface area contributed by atoms with Crippen LogP contribution in [0, 0.1) is 9.49 Å². The minimum atomic E-state index is -0.501. The van der Waals surface area contributed by atoms with Crippen molar-refractivity contribution in [1.29, 1.82) is 0 Å². The normalized spacial score (nSPS) is 20.9. The van der Waals surface area contributed by atoms with Crippen molar-refractivity contribution in [2.45, 2.75) is 44.7 Å². The molecule has 6 heteroatoms. The van der Waals surface area contributed by atoms with Gasteiger partial charge in [-0.05, 0) is 76.2 Å². The van der Waals surface area contributed by atoms with E-state index in [4.69, 9.17) is 9.47 Å². The number of carbonyl (C=O) groups excluding carboxylic acids is 1. The number of amides is 1. The summed E-state index contributed by atoms with van der Waals surface area (Å²) in [6.45, 7) is 1.11. The Labute approximate surface area is 190 Å². The average molecular weight is 519 g/mol. The molecule has 0 unspecified atom stereocenters. The number of aliphatic hydroxyl groups is 1. The van der Waals surface area contributed by atoms with Crippen molar-refractivity contribution in [3.8, 4) is 0 Å². The molecule has 2 aromatic rings. The molecule has 1 amide bonds. The monoisotopic (exact) mass is 519 g/mol. The molecule has 1 heterocycles. The highest BCUT2D eigenvalue weighted by molar-refractivity contribution is 14.1. The molecule has 2 aromatic carbocycles. The van der Waals surface area contributed by atoms with Crippen molar-refractivity contribution in [3.63, 3.8) is 0 Å². The maximum atomic E-state index is 12.7. The standard InChI is InChI=1S/C24H26INO4/c25-21-9-7-19(8-10-21)20-11-22(24(28)26-13-16-1-2-16)30-23(12-20)29-15-18-5-3-17(14-27)4-6-18/h3-11,16,20,23,27H,1-2,12-15H2,(H,26,28)/t20-,23+/m0/s1. The number of ether oxygens (including phenoxy) is 2. The molecule has 158 valence electrons. The fourth-order valence-corrected chi connectivity index (χ4v) is 3.80. The van der Waals surface area contributed by atoms with Crippen molar-refractivity contribution >= 4 is 28.5 Å². The van der Waals surface area contributed by atoms with Crippen LogP contribution >= 0.6 is 22.6 Å². The van der Waals surface area contributed by atoms with Crippen LogP contribution in [-0.4, -0.2) is 23.8 Å². The van der Waals surface area contributed by atoms with E-state index in [9.17, 15) is 9.90 Å². The Hall–Kier alpha value is -1.90. The number of aliphatic hydroxyl groups excluding tert-OH is 1. The zero-order chi connectivity index (χ0) is 20.9. The van der Waals surface area contributed by atoms with Crippen LogP contribution in [0.25, 0.3) is 0 Å². The Morgan fingerprint density at radius 2 is 1.80 bits per heavy atom. The summed E-state index contributed by atoms with van der Waals surface area (Å²) in [6, 6.07) is 16.0. The maximum Gasteiger partial charge on any atom is 0.286 e. The second kappa shape index (κ2) is 9.94. The average Bonchev–Trinajstić information content (AvgIpc) is 3.61. The van der Waals surface area contributed by atoms with Crippen molar-refractivity contribution in [1.82, 2.24) is 5.32 Å². The van der Waals surface area contributed by atoms with E-state index in [1.54, 1.807) is 0 Å². The number of hydrogen-bond acceptors (Lipinski definition) is 4. The van der Waals surface area contributed by atoms with Crippen molar-refractivity contribution in [3.05, 3.63) is 80.6 Å². The van der Waals surface area contributed by atoms with Gasteiger partial charge >= 0.3 is 0 Å². The predicted molar refractivity (Wildman–Crippen MR) is 122 cm³/mol. The van der Waals surface area contributed by atoms with Gasteiger partial charge in [-0.3, -0.25) is 4.79 Å². The van der Waals surface area contributed by atoms with E-state index in [1.807, 2.05) is 30.3 Å². The Bertz CT molecular complexity index is 890. The lowest BCUT2D eigenvalue weighted by molar-refractivity contribution is -0.150. The summed E-state index contributed by atoms with van der Waals surface area (Å²) in [7, 11) is 0. The number of rotatable bonds is 8. The number of nitrogens with one attached hydrogen (secondary N) is 1. The molecule has 30 heavy (non-hydrogen) atoms. The van der Waals surface area contributed by atoms with Gasteiger partial charge in [0.1, 0.15) is 0 Å². The predicted octanol–water partition coefficient (Wildman–Crippen LogP) is 4.24. The van der Waals surface area contributed by atoms with Crippen LogP contribution in [0.2, 0.25) is 0 Å². The SMILES string of the molecule is O=C(NCC1CC1)C1=C[C@H](c2ccc(I)cc2)C[C@H](OCc2ccc(CO)cc2)O1. The zero-order valence-electron chi connectivity index (χ0n) is 16.7. The Kier molecular flexibility index (Phi) is 7.07. The molecular weight excluding hydrogens is 493 g/mol. The van der Waals surface area contributed by atoms with Gasteiger partial charge in [-0.1, -0.05) is 36.4 Å². The van der Waals surface area contributed by atoms with Crippen LogP contribution in [0.4, 0.5) is 0 Å². The summed E-state index contributed by atoms with van der Waals surface area (Å²) >= 11 is 2.29. The molecule has 0 aromatic heterocycles. The van der Waals surface area contributed by atoms with Gasteiger partial charge in [-0.2, -0.15) is 0 Å². The topological polar surface area (TPSA) is 67.8 Å². The Balaban J connectivity index is 1.45. The first-order chi connectivity index (χ1) is 14.6. The van der Waals surface area contributed by atoms with E-state index in [-0.39, 0.29) is 18.4 Å². The molecule has 5 nitrogen and oxygen atoms in total. The molecule has 0 radical (unpaired) electrons. The second-order valence-electron chi connectivity index (χ2n) is 7.91. The van der Waals surface area contributed by atoms with E-state index < -0.39 is 6.29 Å². The van der Waals surface area contributed by atoms with Crippen LogP contribution in [0.3, 0.4) is 0 Å². The summed E-state index contributed by atoms with van der Waals surface area (Å²) < 4.78 is 13.1. The van der Waals surface area contributed by atoms with Crippen molar-refractivity contribution in [2.24, 2.45) is 5.92 Å². The number of carbonyl (C=O) groups is 1. The Morgan fingerprint density at radius 3 is 2.47 bits per heavy atom. The van der Waals surface area contributed by atoms with Crippen LogP contribution < -0.4 is 5.32 Å². The molecule has 0 saturated heterocycles. The molecule has 0 bridgehead atoms. The van der Waals surface area contributed by atoms with Crippen molar-refractivity contribution in [2.75, 3.05) is 6.54 Å². The van der Waals surface area contributed by atoms with Gasteiger partial charge in [-0.15, -0.1) is 0 Å². The largest absolute Gasteiger partial charge is 0.459 e. The van der Waals surface area contributed by atoms with Gasteiger partial charge in [0.15, 0.2) is 5.76 Å². The van der Waals surface area contributed by atoms with Gasteiger partial charge in [0, 0.05) is 22.5 Å². The lowest BCUT2D eigenvalue weighted by atomic mass is 9.93. The smallest absolute Gasteiger partial charge is 0.286 e. The van der Waals surface area contributed by atoms with Crippen LogP contribution in [0.15, 0.2) is 60.4 Å². The quantitative estimate of drug-likeness (QED) is 0.513. The van der Waals surface area contributed by atoms with Gasteiger partial charge < -0.3 is 19.9 Å². The highest BCUT2D eigenvalue weighted by Gasteiger charge is 2.30. The van der Waals surface area contributed by atoms with Gasteiger partial charge in [0.2, 0.25) is 6.29 Å². The third-order valence-electron chi connectivity index (χ3n) is 5.47. The van der Waals surface area contributed by atoms with E-state index in [0.717, 1.165) is 16.7 Å². The molecule has 2 N–H and O–H groups in total.